The summed E-state index contributed by atoms with van der Waals surface area (Å²) in [7, 11) is 0. The molecule has 0 aromatic heterocycles. The molecule has 0 atom stereocenters. The third-order valence-corrected chi connectivity index (χ3v) is 3.54. The number of phenols is 1. The zero-order valence-corrected chi connectivity index (χ0v) is 11.5. The van der Waals surface area contributed by atoms with Crippen molar-refractivity contribution in [2.45, 2.75) is 52.4 Å². The van der Waals surface area contributed by atoms with Crippen LogP contribution < -0.4 is 4.74 Å². The van der Waals surface area contributed by atoms with Gasteiger partial charge in [-0.2, -0.15) is 0 Å². The van der Waals surface area contributed by atoms with Crippen LogP contribution in [0.2, 0.25) is 0 Å². The summed E-state index contributed by atoms with van der Waals surface area (Å²) in [5.74, 6) is 0.775. The molecule has 0 bridgehead atoms. The number of carbonyl (C=O) groups excluding carboxylic acids is 1. The van der Waals surface area contributed by atoms with E-state index >= 15 is 0 Å². The number of carbonyl (C=O) groups is 1. The highest BCUT2D eigenvalue weighted by Crippen LogP contribution is 2.45. The maximum absolute atomic E-state index is 11.6. The van der Waals surface area contributed by atoms with E-state index < -0.39 is 0 Å². The molecule has 0 amide bonds. The number of hydrogen-bond acceptors (Lipinski definition) is 3. The molecule has 1 aliphatic rings. The fourth-order valence-electron chi connectivity index (χ4n) is 2.77. The number of aryl methyl sites for hydroxylation is 1. The van der Waals surface area contributed by atoms with Crippen molar-refractivity contribution in [2.24, 2.45) is 0 Å². The monoisotopic (exact) mass is 248 g/mol. The van der Waals surface area contributed by atoms with Gasteiger partial charge in [-0.15, -0.1) is 0 Å². The fourth-order valence-corrected chi connectivity index (χ4v) is 2.77. The molecular formula is C15H20O3. The lowest BCUT2D eigenvalue weighted by Crippen LogP contribution is -2.32. The van der Waals surface area contributed by atoms with Gasteiger partial charge < -0.3 is 9.84 Å². The summed E-state index contributed by atoms with van der Waals surface area (Å²) >= 11 is 0. The molecule has 1 N–H and O–H groups in total. The molecule has 1 aromatic rings. The Labute approximate surface area is 108 Å². The van der Waals surface area contributed by atoms with Gasteiger partial charge in [0.2, 0.25) is 0 Å². The minimum atomic E-state index is -0.277. The first-order valence-electron chi connectivity index (χ1n) is 6.43. The van der Waals surface area contributed by atoms with Gasteiger partial charge in [0.1, 0.15) is 11.5 Å². The predicted molar refractivity (Wildman–Crippen MR) is 70.1 cm³/mol. The number of phenolic OH excluding ortho intramolecular Hbond substituents is 1. The zero-order valence-electron chi connectivity index (χ0n) is 11.5. The van der Waals surface area contributed by atoms with Gasteiger partial charge in [-0.3, -0.25) is 4.79 Å². The highest BCUT2D eigenvalue weighted by Gasteiger charge is 2.37. The van der Waals surface area contributed by atoms with Crippen molar-refractivity contribution in [3.05, 3.63) is 22.8 Å². The van der Waals surface area contributed by atoms with Gasteiger partial charge in [0.25, 0.3) is 0 Å². The fraction of sp³-hybridized carbons (Fsp3) is 0.533. The molecule has 0 saturated heterocycles. The van der Waals surface area contributed by atoms with Gasteiger partial charge in [0.05, 0.1) is 6.42 Å². The second kappa shape index (κ2) is 4.30. The summed E-state index contributed by atoms with van der Waals surface area (Å²) in [5, 5.41) is 10.2. The van der Waals surface area contributed by atoms with Crippen molar-refractivity contribution in [2.75, 3.05) is 0 Å². The molecule has 0 spiro atoms. The third kappa shape index (κ3) is 1.98. The van der Waals surface area contributed by atoms with Crippen LogP contribution in [0.1, 0.15) is 50.3 Å². The molecule has 2 rings (SSSR count). The van der Waals surface area contributed by atoms with E-state index in [9.17, 15) is 9.90 Å². The molecule has 1 heterocycles. The normalized spacial score (nSPS) is 17.2. The van der Waals surface area contributed by atoms with Crippen LogP contribution in [0.3, 0.4) is 0 Å². The molecule has 1 aromatic carbocycles. The summed E-state index contributed by atoms with van der Waals surface area (Å²) in [6.45, 7) is 7.97. The number of rotatable bonds is 2. The Morgan fingerprint density at radius 2 is 2.11 bits per heavy atom. The number of benzene rings is 1. The maximum Gasteiger partial charge on any atom is 0.312 e. The summed E-state index contributed by atoms with van der Waals surface area (Å²) in [4.78, 5) is 11.6. The third-order valence-electron chi connectivity index (χ3n) is 3.54. The van der Waals surface area contributed by atoms with Crippen LogP contribution >= 0.6 is 0 Å². The van der Waals surface area contributed by atoms with Gasteiger partial charge in [-0.05, 0) is 25.0 Å². The minimum absolute atomic E-state index is 0.194. The smallest absolute Gasteiger partial charge is 0.312 e. The van der Waals surface area contributed by atoms with Crippen LogP contribution in [-0.4, -0.2) is 11.1 Å². The molecular weight excluding hydrogens is 228 g/mol. The van der Waals surface area contributed by atoms with Gasteiger partial charge >= 0.3 is 5.97 Å². The highest BCUT2D eigenvalue weighted by molar-refractivity contribution is 5.79. The first kappa shape index (κ1) is 12.9. The van der Waals surface area contributed by atoms with Crippen molar-refractivity contribution in [1.82, 2.24) is 0 Å². The lowest BCUT2D eigenvalue weighted by molar-refractivity contribution is -0.137. The van der Waals surface area contributed by atoms with Crippen LogP contribution in [0.4, 0.5) is 0 Å². The largest absolute Gasteiger partial charge is 0.507 e. The molecule has 3 heteroatoms. The van der Waals surface area contributed by atoms with Crippen LogP contribution in [-0.2, 0) is 16.6 Å². The Kier molecular flexibility index (Phi) is 3.09. The van der Waals surface area contributed by atoms with Crippen molar-refractivity contribution in [3.8, 4) is 11.5 Å². The molecule has 98 valence electrons. The molecule has 1 aliphatic heterocycles. The van der Waals surface area contributed by atoms with E-state index in [0.29, 0.717) is 17.9 Å². The second-order valence-electron chi connectivity index (χ2n) is 5.68. The van der Waals surface area contributed by atoms with Crippen LogP contribution in [0.5, 0.6) is 11.5 Å². The van der Waals surface area contributed by atoms with Gasteiger partial charge in [0.15, 0.2) is 0 Å². The van der Waals surface area contributed by atoms with Gasteiger partial charge in [0, 0.05) is 16.5 Å². The van der Waals surface area contributed by atoms with Gasteiger partial charge in [-0.25, -0.2) is 0 Å². The quantitative estimate of drug-likeness (QED) is 0.645. The maximum atomic E-state index is 11.6. The molecule has 0 saturated carbocycles. The predicted octanol–water partition coefficient (Wildman–Crippen LogP) is 3.24. The highest BCUT2D eigenvalue weighted by atomic mass is 16.5. The lowest BCUT2D eigenvalue weighted by atomic mass is 9.75. The summed E-state index contributed by atoms with van der Waals surface area (Å²) in [5.41, 5.74) is 2.42. The number of hydrogen-bond donors (Lipinski definition) is 1. The number of esters is 1. The first-order chi connectivity index (χ1) is 8.36. The Morgan fingerprint density at radius 3 is 2.72 bits per heavy atom. The van der Waals surface area contributed by atoms with E-state index in [2.05, 4.69) is 6.92 Å². The molecule has 3 nitrogen and oxygen atoms in total. The molecule has 0 unspecified atom stereocenters. The Morgan fingerprint density at radius 1 is 1.44 bits per heavy atom. The molecule has 0 aliphatic carbocycles. The van der Waals surface area contributed by atoms with Crippen molar-refractivity contribution in [3.63, 3.8) is 0 Å². The lowest BCUT2D eigenvalue weighted by Gasteiger charge is -2.33. The van der Waals surface area contributed by atoms with E-state index in [4.69, 9.17) is 4.74 Å². The van der Waals surface area contributed by atoms with Crippen molar-refractivity contribution in [1.29, 1.82) is 0 Å². The average Bonchev–Trinajstić information content (AvgIpc) is 2.22. The van der Waals surface area contributed by atoms with Crippen molar-refractivity contribution < 1.29 is 14.6 Å². The molecule has 0 radical (unpaired) electrons. The Balaban J connectivity index is 2.70. The Hall–Kier alpha value is -1.51. The first-order valence-corrected chi connectivity index (χ1v) is 6.43. The number of aromatic hydroxyl groups is 1. The van der Waals surface area contributed by atoms with E-state index in [-0.39, 0.29) is 11.4 Å². The standard InChI is InChI=1S/C15H20O3/c1-5-6-10-13-11(7-9(2)14(10)17)18-12(16)8-15(13,3)4/h7,17H,5-6,8H2,1-4H3. The van der Waals surface area contributed by atoms with Crippen molar-refractivity contribution >= 4 is 5.97 Å². The molecule has 0 fully saturated rings. The van der Waals surface area contributed by atoms with E-state index in [0.717, 1.165) is 29.5 Å². The average molecular weight is 248 g/mol. The number of ether oxygens (including phenoxy) is 1. The van der Waals surface area contributed by atoms with E-state index in [1.54, 1.807) is 6.07 Å². The summed E-state index contributed by atoms with van der Waals surface area (Å²) in [6, 6.07) is 1.77. The van der Waals surface area contributed by atoms with E-state index in [1.165, 1.54) is 0 Å². The summed E-state index contributed by atoms with van der Waals surface area (Å²) in [6.07, 6.45) is 2.11. The molecule has 18 heavy (non-hydrogen) atoms. The van der Waals surface area contributed by atoms with Crippen LogP contribution in [0, 0.1) is 6.92 Å². The topological polar surface area (TPSA) is 46.5 Å². The Bertz CT molecular complexity index is 501. The summed E-state index contributed by atoms with van der Waals surface area (Å²) < 4.78 is 5.34. The SMILES string of the molecule is CCCc1c(O)c(C)cc2c1C(C)(C)CC(=O)O2. The van der Waals surface area contributed by atoms with Gasteiger partial charge in [-0.1, -0.05) is 27.2 Å². The van der Waals surface area contributed by atoms with Crippen LogP contribution in [0.25, 0.3) is 0 Å². The minimum Gasteiger partial charge on any atom is -0.507 e. The number of fused-ring (bicyclic) bond motifs is 1. The van der Waals surface area contributed by atoms with Crippen LogP contribution in [0.15, 0.2) is 6.07 Å². The second-order valence-corrected chi connectivity index (χ2v) is 5.68. The van der Waals surface area contributed by atoms with E-state index in [1.807, 2.05) is 20.8 Å². The zero-order chi connectivity index (χ0) is 13.5.